The molecule has 2 rings (SSSR count). The highest BCUT2D eigenvalue weighted by Gasteiger charge is 2.31. The summed E-state index contributed by atoms with van der Waals surface area (Å²) in [4.78, 5) is -0.132. The summed E-state index contributed by atoms with van der Waals surface area (Å²) in [5.41, 5.74) is -0.701. The fourth-order valence-electron chi connectivity index (χ4n) is 2.16. The molecule has 5 nitrogen and oxygen atoms in total. The third-order valence-corrected chi connectivity index (χ3v) is 4.89. The van der Waals surface area contributed by atoms with Crippen molar-refractivity contribution in [2.24, 2.45) is 0 Å². The van der Waals surface area contributed by atoms with E-state index in [1.807, 2.05) is 0 Å². The van der Waals surface area contributed by atoms with Crippen LogP contribution in [0.15, 0.2) is 23.1 Å². The molecule has 0 saturated carbocycles. The van der Waals surface area contributed by atoms with Gasteiger partial charge in [-0.15, -0.1) is 0 Å². The van der Waals surface area contributed by atoms with E-state index in [-0.39, 0.29) is 11.4 Å². The van der Waals surface area contributed by atoms with Crippen LogP contribution in [0.1, 0.15) is 18.4 Å². The van der Waals surface area contributed by atoms with Gasteiger partial charge in [0.15, 0.2) is 0 Å². The molecule has 0 unspecified atom stereocenters. The number of benzene rings is 1. The van der Waals surface area contributed by atoms with Gasteiger partial charge in [0.25, 0.3) is 0 Å². The largest absolute Gasteiger partial charge is 0.387 e. The van der Waals surface area contributed by atoms with E-state index in [0.717, 1.165) is 19.0 Å². The van der Waals surface area contributed by atoms with E-state index in [2.05, 4.69) is 10.0 Å². The zero-order valence-corrected chi connectivity index (χ0v) is 12.1. The Morgan fingerprint density at radius 1 is 1.50 bits per heavy atom. The molecule has 0 amide bonds. The predicted molar refractivity (Wildman–Crippen MR) is 73.4 cm³/mol. The number of aliphatic hydroxyl groups is 1. The lowest BCUT2D eigenvalue weighted by Gasteiger charge is -2.32. The Bertz CT molecular complexity index is 583. The zero-order chi connectivity index (χ0) is 14.8. The first kappa shape index (κ1) is 15.4. The molecule has 3 N–H and O–H groups in total. The van der Waals surface area contributed by atoms with Gasteiger partial charge in [-0.3, -0.25) is 0 Å². The number of sulfonamides is 1. The second-order valence-electron chi connectivity index (χ2n) is 5.24. The molecule has 0 aliphatic carbocycles. The van der Waals surface area contributed by atoms with Crippen molar-refractivity contribution in [3.05, 3.63) is 29.6 Å². The molecule has 1 aromatic rings. The Balaban J connectivity index is 2.09. The number of rotatable bonds is 4. The first-order valence-corrected chi connectivity index (χ1v) is 8.00. The quantitative estimate of drug-likeness (QED) is 0.758. The monoisotopic (exact) mass is 302 g/mol. The zero-order valence-electron chi connectivity index (χ0n) is 11.3. The van der Waals surface area contributed by atoms with Crippen LogP contribution in [-0.4, -0.2) is 38.8 Å². The SMILES string of the molecule is Cc1ccc(S(=O)(=O)NC[C@]2(O)CCCNC2)cc1F. The summed E-state index contributed by atoms with van der Waals surface area (Å²) in [6.45, 7) is 2.64. The van der Waals surface area contributed by atoms with Gasteiger partial charge in [0.2, 0.25) is 10.0 Å². The Morgan fingerprint density at radius 2 is 2.25 bits per heavy atom. The van der Waals surface area contributed by atoms with E-state index >= 15 is 0 Å². The molecule has 0 bridgehead atoms. The summed E-state index contributed by atoms with van der Waals surface area (Å²) in [5, 5.41) is 13.2. The van der Waals surface area contributed by atoms with E-state index in [9.17, 15) is 17.9 Å². The molecule has 0 spiro atoms. The summed E-state index contributed by atoms with van der Waals surface area (Å²) >= 11 is 0. The Kier molecular flexibility index (Phi) is 4.43. The number of aryl methyl sites for hydroxylation is 1. The van der Waals surface area contributed by atoms with Crippen molar-refractivity contribution in [1.29, 1.82) is 0 Å². The van der Waals surface area contributed by atoms with Crippen molar-refractivity contribution in [2.75, 3.05) is 19.6 Å². The van der Waals surface area contributed by atoms with Gasteiger partial charge in [0.05, 0.1) is 10.5 Å². The van der Waals surface area contributed by atoms with E-state index < -0.39 is 21.4 Å². The summed E-state index contributed by atoms with van der Waals surface area (Å²) in [6.07, 6.45) is 1.32. The van der Waals surface area contributed by atoms with Gasteiger partial charge >= 0.3 is 0 Å². The minimum Gasteiger partial charge on any atom is -0.387 e. The van der Waals surface area contributed by atoms with Crippen LogP contribution >= 0.6 is 0 Å². The first-order chi connectivity index (χ1) is 9.32. The molecular formula is C13H19FN2O3S. The number of β-amino-alcohol motifs (C(OH)–C–C–N with tert-alkyl or cyclic N) is 1. The molecule has 1 atom stereocenters. The van der Waals surface area contributed by atoms with Crippen molar-refractivity contribution < 1.29 is 17.9 Å². The highest BCUT2D eigenvalue weighted by atomic mass is 32.2. The topological polar surface area (TPSA) is 78.4 Å². The van der Waals surface area contributed by atoms with Crippen LogP contribution in [0.5, 0.6) is 0 Å². The summed E-state index contributed by atoms with van der Waals surface area (Å²) in [7, 11) is -3.81. The average Bonchev–Trinajstić information content (AvgIpc) is 2.41. The molecular weight excluding hydrogens is 283 g/mol. The van der Waals surface area contributed by atoms with Gasteiger partial charge < -0.3 is 10.4 Å². The summed E-state index contributed by atoms with van der Waals surface area (Å²) < 4.78 is 39.9. The lowest BCUT2D eigenvalue weighted by molar-refractivity contribution is 0.0218. The smallest absolute Gasteiger partial charge is 0.240 e. The van der Waals surface area contributed by atoms with Gasteiger partial charge in [0, 0.05) is 13.1 Å². The van der Waals surface area contributed by atoms with E-state index in [4.69, 9.17) is 0 Å². The molecule has 1 aliphatic heterocycles. The Labute approximate surface area is 118 Å². The maximum atomic E-state index is 13.4. The van der Waals surface area contributed by atoms with Crippen molar-refractivity contribution in [3.8, 4) is 0 Å². The molecule has 0 aromatic heterocycles. The lowest BCUT2D eigenvalue weighted by atomic mass is 9.95. The molecule has 20 heavy (non-hydrogen) atoms. The molecule has 1 saturated heterocycles. The first-order valence-electron chi connectivity index (χ1n) is 6.51. The van der Waals surface area contributed by atoms with E-state index in [0.29, 0.717) is 18.5 Å². The standard InChI is InChI=1S/C13H19FN2O3S/c1-10-3-4-11(7-12(10)14)20(18,19)16-9-13(17)5-2-6-15-8-13/h3-4,7,15-17H,2,5-6,8-9H2,1H3/t13-/m0/s1. The van der Waals surface area contributed by atoms with E-state index in [1.165, 1.54) is 12.1 Å². The van der Waals surface area contributed by atoms with Crippen LogP contribution in [0.3, 0.4) is 0 Å². The van der Waals surface area contributed by atoms with Crippen LogP contribution in [0.2, 0.25) is 0 Å². The number of piperidine rings is 1. The van der Waals surface area contributed by atoms with Crippen LogP contribution in [0.4, 0.5) is 4.39 Å². The average molecular weight is 302 g/mol. The van der Waals surface area contributed by atoms with Gasteiger partial charge in [-0.25, -0.2) is 17.5 Å². The highest BCUT2D eigenvalue weighted by Crippen LogP contribution is 2.17. The maximum absolute atomic E-state index is 13.4. The molecule has 1 aromatic carbocycles. The van der Waals surface area contributed by atoms with Gasteiger partial charge in [-0.05, 0) is 44.0 Å². The fraction of sp³-hybridized carbons (Fsp3) is 0.538. The third kappa shape index (κ3) is 3.54. The van der Waals surface area contributed by atoms with Crippen LogP contribution in [0.25, 0.3) is 0 Å². The van der Waals surface area contributed by atoms with Crippen molar-refractivity contribution in [2.45, 2.75) is 30.3 Å². The second kappa shape index (κ2) is 5.77. The minimum absolute atomic E-state index is 0.0855. The van der Waals surface area contributed by atoms with E-state index in [1.54, 1.807) is 6.92 Å². The van der Waals surface area contributed by atoms with Crippen LogP contribution in [0, 0.1) is 12.7 Å². The molecule has 1 aliphatic rings. The van der Waals surface area contributed by atoms with Crippen LogP contribution in [-0.2, 0) is 10.0 Å². The number of nitrogens with one attached hydrogen (secondary N) is 2. The molecule has 7 heteroatoms. The predicted octanol–water partition coefficient (Wildman–Crippen LogP) is 0.527. The fourth-order valence-corrected chi connectivity index (χ4v) is 3.29. The number of halogens is 1. The van der Waals surface area contributed by atoms with Gasteiger partial charge in [-0.1, -0.05) is 6.07 Å². The van der Waals surface area contributed by atoms with Gasteiger partial charge in [-0.2, -0.15) is 0 Å². The van der Waals surface area contributed by atoms with Gasteiger partial charge in [0.1, 0.15) is 5.82 Å². The summed E-state index contributed by atoms with van der Waals surface area (Å²) in [6, 6.07) is 3.76. The lowest BCUT2D eigenvalue weighted by Crippen LogP contribution is -2.52. The Morgan fingerprint density at radius 3 is 2.85 bits per heavy atom. The minimum atomic E-state index is -3.81. The van der Waals surface area contributed by atoms with Crippen molar-refractivity contribution >= 4 is 10.0 Å². The Hall–Kier alpha value is -1.02. The second-order valence-corrected chi connectivity index (χ2v) is 7.01. The van der Waals surface area contributed by atoms with Crippen LogP contribution < -0.4 is 10.0 Å². The number of hydrogen-bond donors (Lipinski definition) is 3. The highest BCUT2D eigenvalue weighted by molar-refractivity contribution is 7.89. The molecule has 1 heterocycles. The third-order valence-electron chi connectivity index (χ3n) is 3.49. The van der Waals surface area contributed by atoms with Crippen molar-refractivity contribution in [1.82, 2.24) is 10.0 Å². The van der Waals surface area contributed by atoms with Crippen molar-refractivity contribution in [3.63, 3.8) is 0 Å². The number of hydrogen-bond acceptors (Lipinski definition) is 4. The molecule has 112 valence electrons. The summed E-state index contributed by atoms with van der Waals surface area (Å²) in [5.74, 6) is -0.564. The maximum Gasteiger partial charge on any atom is 0.240 e. The molecule has 1 fully saturated rings. The normalized spacial score (nSPS) is 23.8. The molecule has 0 radical (unpaired) electrons.